The first kappa shape index (κ1) is 15.4. The van der Waals surface area contributed by atoms with Crippen LogP contribution in [0.1, 0.15) is 5.69 Å². The first-order valence-corrected chi connectivity index (χ1v) is 8.23. The lowest BCUT2D eigenvalue weighted by atomic mass is 10.3. The van der Waals surface area contributed by atoms with Gasteiger partial charge in [-0.2, -0.15) is 0 Å². The molecule has 0 saturated heterocycles. The van der Waals surface area contributed by atoms with E-state index in [4.69, 9.17) is 5.73 Å². The van der Waals surface area contributed by atoms with Gasteiger partial charge in [0.25, 0.3) is 5.69 Å². The van der Waals surface area contributed by atoms with Crippen molar-refractivity contribution in [2.45, 2.75) is 11.3 Å². The number of nitro benzene ring substituents is 1. The van der Waals surface area contributed by atoms with Crippen LogP contribution in [0.4, 0.5) is 11.4 Å². The number of nitrogens with zero attached hydrogens (tertiary/aromatic N) is 2. The molecule has 2 aromatic rings. The highest BCUT2D eigenvalue weighted by Crippen LogP contribution is 2.23. The van der Waals surface area contributed by atoms with E-state index in [0.717, 1.165) is 17.8 Å². The van der Waals surface area contributed by atoms with Crippen molar-refractivity contribution >= 4 is 32.7 Å². The number of sulfonamides is 1. The van der Waals surface area contributed by atoms with Crippen LogP contribution >= 0.6 is 11.3 Å². The van der Waals surface area contributed by atoms with E-state index < -0.39 is 14.9 Å². The van der Waals surface area contributed by atoms with Gasteiger partial charge in [0.2, 0.25) is 10.0 Å². The first-order valence-electron chi connectivity index (χ1n) is 5.81. The van der Waals surface area contributed by atoms with Crippen LogP contribution in [0, 0.1) is 10.1 Å². The smallest absolute Gasteiger partial charge is 0.270 e. The van der Waals surface area contributed by atoms with Crippen molar-refractivity contribution < 1.29 is 13.3 Å². The summed E-state index contributed by atoms with van der Waals surface area (Å²) in [6.07, 6.45) is 0.428. The molecule has 112 valence electrons. The van der Waals surface area contributed by atoms with Crippen LogP contribution in [-0.2, 0) is 16.4 Å². The molecule has 0 aliphatic carbocycles. The van der Waals surface area contributed by atoms with E-state index in [-0.39, 0.29) is 22.8 Å². The van der Waals surface area contributed by atoms with Gasteiger partial charge in [-0.1, -0.05) is 0 Å². The number of nitrogens with one attached hydrogen (secondary N) is 1. The molecule has 0 amide bonds. The number of anilines is 1. The number of benzene rings is 1. The maximum atomic E-state index is 12.1. The molecule has 2 rings (SSSR count). The van der Waals surface area contributed by atoms with Crippen molar-refractivity contribution in [2.24, 2.45) is 0 Å². The number of hydrogen-bond acceptors (Lipinski definition) is 7. The quantitative estimate of drug-likeness (QED) is 0.465. The van der Waals surface area contributed by atoms with E-state index >= 15 is 0 Å². The molecule has 0 spiro atoms. The number of thiazole rings is 1. The van der Waals surface area contributed by atoms with Gasteiger partial charge in [-0.3, -0.25) is 10.1 Å². The summed E-state index contributed by atoms with van der Waals surface area (Å²) < 4.78 is 26.6. The molecule has 1 heterocycles. The third-order valence-electron chi connectivity index (χ3n) is 2.65. The number of nitro groups is 1. The zero-order chi connectivity index (χ0) is 15.5. The summed E-state index contributed by atoms with van der Waals surface area (Å²) >= 11 is 1.42. The Morgan fingerprint density at radius 2 is 2.19 bits per heavy atom. The lowest BCUT2D eigenvalue weighted by Gasteiger charge is -2.08. The molecular weight excluding hydrogens is 316 g/mol. The molecule has 1 aromatic carbocycles. The predicted molar refractivity (Wildman–Crippen MR) is 78.5 cm³/mol. The van der Waals surface area contributed by atoms with E-state index in [1.54, 1.807) is 5.51 Å². The number of rotatable bonds is 6. The van der Waals surface area contributed by atoms with Crippen molar-refractivity contribution in [3.05, 3.63) is 44.9 Å². The highest BCUT2D eigenvalue weighted by molar-refractivity contribution is 7.89. The predicted octanol–water partition coefficient (Wildman–Crippen LogP) is 1.15. The Balaban J connectivity index is 2.15. The van der Waals surface area contributed by atoms with Crippen molar-refractivity contribution in [3.8, 4) is 0 Å². The molecule has 0 unspecified atom stereocenters. The Morgan fingerprint density at radius 1 is 1.43 bits per heavy atom. The van der Waals surface area contributed by atoms with Crippen LogP contribution in [0.5, 0.6) is 0 Å². The molecular formula is C11H12N4O4S2. The third kappa shape index (κ3) is 3.74. The third-order valence-corrected chi connectivity index (χ3v) is 4.81. The molecule has 0 fully saturated rings. The van der Waals surface area contributed by atoms with Gasteiger partial charge < -0.3 is 5.73 Å². The monoisotopic (exact) mass is 328 g/mol. The Kier molecular flexibility index (Phi) is 4.50. The number of nitrogen functional groups attached to an aromatic ring is 1. The molecule has 0 radical (unpaired) electrons. The van der Waals surface area contributed by atoms with Gasteiger partial charge >= 0.3 is 0 Å². The molecule has 0 aliphatic rings. The lowest BCUT2D eigenvalue weighted by molar-refractivity contribution is -0.385. The number of nitrogens with two attached hydrogens (primary N) is 1. The minimum Gasteiger partial charge on any atom is -0.398 e. The second-order valence-electron chi connectivity index (χ2n) is 4.11. The molecule has 3 N–H and O–H groups in total. The number of non-ortho nitro benzene ring substituents is 1. The maximum absolute atomic E-state index is 12.1. The van der Waals surface area contributed by atoms with Crippen molar-refractivity contribution in [3.63, 3.8) is 0 Å². The van der Waals surface area contributed by atoms with Crippen LogP contribution < -0.4 is 10.5 Å². The average Bonchev–Trinajstić information content (AvgIpc) is 2.91. The number of aromatic nitrogens is 1. The topological polar surface area (TPSA) is 128 Å². The fourth-order valence-electron chi connectivity index (χ4n) is 1.62. The summed E-state index contributed by atoms with van der Waals surface area (Å²) in [6, 6.07) is 3.30. The molecule has 1 aromatic heterocycles. The zero-order valence-corrected chi connectivity index (χ0v) is 12.4. The number of hydrogen-bond donors (Lipinski definition) is 2. The first-order chi connectivity index (χ1) is 9.90. The Bertz CT molecular complexity index is 744. The minimum atomic E-state index is -3.90. The Morgan fingerprint density at radius 3 is 2.81 bits per heavy atom. The summed E-state index contributed by atoms with van der Waals surface area (Å²) in [5.41, 5.74) is 7.65. The van der Waals surface area contributed by atoms with Gasteiger partial charge in [-0.15, -0.1) is 11.3 Å². The van der Waals surface area contributed by atoms with Crippen LogP contribution in [0.15, 0.2) is 34.0 Å². The van der Waals surface area contributed by atoms with Crippen molar-refractivity contribution in [1.82, 2.24) is 9.71 Å². The Hall–Kier alpha value is -2.04. The van der Waals surface area contributed by atoms with E-state index in [9.17, 15) is 18.5 Å². The minimum absolute atomic E-state index is 0.0400. The summed E-state index contributed by atoms with van der Waals surface area (Å²) in [5, 5.41) is 12.5. The van der Waals surface area contributed by atoms with E-state index in [2.05, 4.69) is 9.71 Å². The standard InChI is InChI=1S/C11H12N4O4S2/c12-10-2-1-9(15(16)17)5-11(10)21(18,19)14-4-3-8-6-20-7-13-8/h1-2,5-7,14H,3-4,12H2. The molecule has 8 nitrogen and oxygen atoms in total. The van der Waals surface area contributed by atoms with Gasteiger partial charge in [0, 0.05) is 30.5 Å². The second kappa shape index (κ2) is 6.16. The maximum Gasteiger partial charge on any atom is 0.270 e. The zero-order valence-electron chi connectivity index (χ0n) is 10.7. The van der Waals surface area contributed by atoms with Crippen LogP contribution in [0.2, 0.25) is 0 Å². The van der Waals surface area contributed by atoms with Gasteiger partial charge in [-0.25, -0.2) is 18.1 Å². The molecule has 0 saturated carbocycles. The van der Waals surface area contributed by atoms with Crippen molar-refractivity contribution in [1.29, 1.82) is 0 Å². The highest BCUT2D eigenvalue weighted by Gasteiger charge is 2.20. The Labute approximate surface area is 124 Å². The molecule has 10 heteroatoms. The fraction of sp³-hybridized carbons (Fsp3) is 0.182. The summed E-state index contributed by atoms with van der Waals surface area (Å²) in [5.74, 6) is 0. The van der Waals surface area contributed by atoms with Crippen molar-refractivity contribution in [2.75, 3.05) is 12.3 Å². The normalized spacial score (nSPS) is 11.4. The van der Waals surface area contributed by atoms with Gasteiger partial charge in [0.05, 0.1) is 21.8 Å². The largest absolute Gasteiger partial charge is 0.398 e. The van der Waals surface area contributed by atoms with E-state index in [0.29, 0.717) is 6.42 Å². The fourth-order valence-corrected chi connectivity index (χ4v) is 3.39. The van der Waals surface area contributed by atoms with Crippen LogP contribution in [0.25, 0.3) is 0 Å². The van der Waals surface area contributed by atoms with E-state index in [1.165, 1.54) is 17.4 Å². The summed E-state index contributed by atoms with van der Waals surface area (Å²) in [6.45, 7) is 0.133. The summed E-state index contributed by atoms with van der Waals surface area (Å²) in [4.78, 5) is 13.8. The lowest BCUT2D eigenvalue weighted by Crippen LogP contribution is -2.26. The molecule has 0 bridgehead atoms. The van der Waals surface area contributed by atoms with Gasteiger partial charge in [0.1, 0.15) is 4.90 Å². The molecule has 0 aliphatic heterocycles. The molecule has 21 heavy (non-hydrogen) atoms. The summed E-state index contributed by atoms with van der Waals surface area (Å²) in [7, 11) is -3.90. The van der Waals surface area contributed by atoms with Crippen LogP contribution in [0.3, 0.4) is 0 Å². The average molecular weight is 328 g/mol. The SMILES string of the molecule is Nc1ccc([N+](=O)[O-])cc1S(=O)(=O)NCCc1cscn1. The van der Waals surface area contributed by atoms with Gasteiger partial charge in [-0.05, 0) is 6.07 Å². The van der Waals surface area contributed by atoms with E-state index in [1.807, 2.05) is 5.38 Å². The highest BCUT2D eigenvalue weighted by atomic mass is 32.2. The van der Waals surface area contributed by atoms with Crippen LogP contribution in [-0.4, -0.2) is 24.9 Å². The molecule has 0 atom stereocenters. The van der Waals surface area contributed by atoms with Gasteiger partial charge in [0.15, 0.2) is 0 Å². The second-order valence-corrected chi connectivity index (χ2v) is 6.56.